The van der Waals surface area contributed by atoms with Crippen molar-refractivity contribution < 1.29 is 9.18 Å². The van der Waals surface area contributed by atoms with Crippen LogP contribution in [-0.2, 0) is 11.3 Å². The fraction of sp³-hybridized carbons (Fsp3) is 0.286. The first kappa shape index (κ1) is 13.1. The second-order valence-electron chi connectivity index (χ2n) is 4.91. The lowest BCUT2D eigenvalue weighted by Crippen LogP contribution is -2.14. The number of benzene rings is 1. The molecule has 1 fully saturated rings. The molecule has 1 saturated carbocycles. The van der Waals surface area contributed by atoms with E-state index >= 15 is 0 Å². The highest BCUT2D eigenvalue weighted by atomic mass is 35.5. The van der Waals surface area contributed by atoms with E-state index in [-0.39, 0.29) is 17.6 Å². The third kappa shape index (κ3) is 2.99. The van der Waals surface area contributed by atoms with Gasteiger partial charge < -0.3 is 5.32 Å². The molecule has 0 unspecified atom stereocenters. The Balaban J connectivity index is 1.71. The predicted molar refractivity (Wildman–Crippen MR) is 74.1 cm³/mol. The highest BCUT2D eigenvalue weighted by molar-refractivity contribution is 6.33. The van der Waals surface area contributed by atoms with Crippen LogP contribution in [0.2, 0.25) is 5.02 Å². The monoisotopic (exact) mass is 293 g/mol. The average Bonchev–Trinajstić information content (AvgIpc) is 3.20. The van der Waals surface area contributed by atoms with Gasteiger partial charge in [-0.25, -0.2) is 4.39 Å². The summed E-state index contributed by atoms with van der Waals surface area (Å²) in [5.74, 6) is 0.183. The molecule has 20 heavy (non-hydrogen) atoms. The zero-order valence-corrected chi connectivity index (χ0v) is 11.4. The van der Waals surface area contributed by atoms with Gasteiger partial charge in [-0.3, -0.25) is 9.48 Å². The van der Waals surface area contributed by atoms with E-state index in [0.717, 1.165) is 18.4 Å². The van der Waals surface area contributed by atoms with Crippen LogP contribution in [-0.4, -0.2) is 15.7 Å². The molecule has 3 rings (SSSR count). The topological polar surface area (TPSA) is 46.9 Å². The number of halogens is 2. The van der Waals surface area contributed by atoms with Gasteiger partial charge in [-0.15, -0.1) is 0 Å². The van der Waals surface area contributed by atoms with Crippen molar-refractivity contribution in [2.45, 2.75) is 19.4 Å². The molecule has 1 N–H and O–H groups in total. The van der Waals surface area contributed by atoms with Crippen LogP contribution >= 0.6 is 11.6 Å². The number of rotatable bonds is 4. The fourth-order valence-electron chi connectivity index (χ4n) is 1.90. The van der Waals surface area contributed by atoms with Crippen LogP contribution in [0.5, 0.6) is 0 Å². The summed E-state index contributed by atoms with van der Waals surface area (Å²) in [6.07, 6.45) is 3.51. The number of aromatic nitrogens is 2. The van der Waals surface area contributed by atoms with Gasteiger partial charge in [0.05, 0.1) is 6.54 Å². The van der Waals surface area contributed by atoms with E-state index in [9.17, 15) is 9.18 Å². The van der Waals surface area contributed by atoms with Gasteiger partial charge in [0.15, 0.2) is 5.82 Å². The SMILES string of the molecule is O=C(Nc1nn(Cc2ccc(F)cc2)cc1Cl)C1CC1. The highest BCUT2D eigenvalue weighted by Crippen LogP contribution is 2.31. The normalized spacial score (nSPS) is 14.3. The fourth-order valence-corrected chi connectivity index (χ4v) is 2.10. The van der Waals surface area contributed by atoms with Crippen molar-refractivity contribution in [2.24, 2.45) is 5.92 Å². The van der Waals surface area contributed by atoms with E-state index in [1.54, 1.807) is 23.0 Å². The van der Waals surface area contributed by atoms with Crippen LogP contribution in [0, 0.1) is 11.7 Å². The summed E-state index contributed by atoms with van der Waals surface area (Å²) in [4.78, 5) is 11.7. The molecule has 1 aromatic heterocycles. The summed E-state index contributed by atoms with van der Waals surface area (Å²) < 4.78 is 14.5. The molecular formula is C14H13ClFN3O. The minimum Gasteiger partial charge on any atom is -0.308 e. The number of amides is 1. The second kappa shape index (κ2) is 5.25. The number of anilines is 1. The van der Waals surface area contributed by atoms with Crippen molar-refractivity contribution in [3.63, 3.8) is 0 Å². The molecule has 0 saturated heterocycles. The van der Waals surface area contributed by atoms with Crippen molar-refractivity contribution in [2.75, 3.05) is 5.32 Å². The molecule has 0 spiro atoms. The Kier molecular flexibility index (Phi) is 3.44. The lowest BCUT2D eigenvalue weighted by Gasteiger charge is -2.02. The number of hydrogen-bond donors (Lipinski definition) is 1. The Morgan fingerprint density at radius 1 is 1.40 bits per heavy atom. The number of carbonyl (C=O) groups excluding carboxylic acids is 1. The first-order valence-corrected chi connectivity index (χ1v) is 6.78. The highest BCUT2D eigenvalue weighted by Gasteiger charge is 2.30. The van der Waals surface area contributed by atoms with Crippen LogP contribution < -0.4 is 5.32 Å². The largest absolute Gasteiger partial charge is 0.308 e. The van der Waals surface area contributed by atoms with Crippen molar-refractivity contribution in [1.29, 1.82) is 0 Å². The zero-order chi connectivity index (χ0) is 14.1. The summed E-state index contributed by atoms with van der Waals surface area (Å²) in [5, 5.41) is 7.37. The van der Waals surface area contributed by atoms with Gasteiger partial charge in [0.2, 0.25) is 5.91 Å². The molecular weight excluding hydrogens is 281 g/mol. The number of nitrogens with zero attached hydrogens (tertiary/aromatic N) is 2. The van der Waals surface area contributed by atoms with Gasteiger partial charge in [0.1, 0.15) is 10.8 Å². The zero-order valence-electron chi connectivity index (χ0n) is 10.6. The van der Waals surface area contributed by atoms with Crippen LogP contribution in [0.3, 0.4) is 0 Å². The molecule has 0 radical (unpaired) electrons. The van der Waals surface area contributed by atoms with E-state index in [0.29, 0.717) is 17.4 Å². The molecule has 1 aliphatic carbocycles. The maximum Gasteiger partial charge on any atom is 0.228 e. The van der Waals surface area contributed by atoms with Gasteiger partial charge in [0, 0.05) is 12.1 Å². The summed E-state index contributed by atoms with van der Waals surface area (Å²) in [7, 11) is 0. The Bertz CT molecular complexity index is 634. The van der Waals surface area contributed by atoms with Crippen molar-refractivity contribution >= 4 is 23.3 Å². The first-order chi connectivity index (χ1) is 9.61. The first-order valence-electron chi connectivity index (χ1n) is 6.40. The van der Waals surface area contributed by atoms with Crippen molar-refractivity contribution in [3.05, 3.63) is 46.9 Å². The molecule has 0 bridgehead atoms. The Morgan fingerprint density at radius 3 is 2.75 bits per heavy atom. The van der Waals surface area contributed by atoms with E-state index in [1.807, 2.05) is 0 Å². The van der Waals surface area contributed by atoms with E-state index in [2.05, 4.69) is 10.4 Å². The molecule has 2 aromatic rings. The molecule has 6 heteroatoms. The van der Waals surface area contributed by atoms with Crippen molar-refractivity contribution in [3.8, 4) is 0 Å². The average molecular weight is 294 g/mol. The molecule has 104 valence electrons. The number of carbonyl (C=O) groups is 1. The molecule has 1 heterocycles. The van der Waals surface area contributed by atoms with Crippen LogP contribution in [0.1, 0.15) is 18.4 Å². The van der Waals surface area contributed by atoms with Gasteiger partial charge in [-0.1, -0.05) is 23.7 Å². The summed E-state index contributed by atoms with van der Waals surface area (Å²) in [6.45, 7) is 0.472. The van der Waals surface area contributed by atoms with E-state index in [4.69, 9.17) is 11.6 Å². The molecule has 1 amide bonds. The molecule has 0 aliphatic heterocycles. The molecule has 1 aromatic carbocycles. The van der Waals surface area contributed by atoms with E-state index in [1.165, 1.54) is 12.1 Å². The standard InChI is InChI=1S/C14H13ClFN3O/c15-12-8-19(7-9-1-5-11(16)6-2-9)18-13(12)17-14(20)10-3-4-10/h1-2,5-6,8,10H,3-4,7H2,(H,17,18,20). The third-order valence-corrected chi connectivity index (χ3v) is 3.44. The third-order valence-electron chi connectivity index (χ3n) is 3.16. The van der Waals surface area contributed by atoms with Gasteiger partial charge in [-0.2, -0.15) is 5.10 Å². The molecule has 4 nitrogen and oxygen atoms in total. The maximum atomic E-state index is 12.8. The minimum absolute atomic E-state index is 0.0288. The van der Waals surface area contributed by atoms with Crippen LogP contribution in [0.4, 0.5) is 10.2 Å². The summed E-state index contributed by atoms with van der Waals surface area (Å²) >= 11 is 6.05. The van der Waals surface area contributed by atoms with Gasteiger partial charge in [0.25, 0.3) is 0 Å². The Morgan fingerprint density at radius 2 is 2.10 bits per heavy atom. The minimum atomic E-state index is -0.273. The van der Waals surface area contributed by atoms with Crippen LogP contribution in [0.25, 0.3) is 0 Å². The lowest BCUT2D eigenvalue weighted by atomic mass is 10.2. The predicted octanol–water partition coefficient (Wildman–Crippen LogP) is 3.07. The van der Waals surface area contributed by atoms with Crippen molar-refractivity contribution in [1.82, 2.24) is 9.78 Å². The summed E-state index contributed by atoms with van der Waals surface area (Å²) in [5.41, 5.74) is 0.908. The van der Waals surface area contributed by atoms with Crippen LogP contribution in [0.15, 0.2) is 30.5 Å². The second-order valence-corrected chi connectivity index (χ2v) is 5.32. The number of nitrogens with one attached hydrogen (secondary N) is 1. The molecule has 0 atom stereocenters. The number of hydrogen-bond acceptors (Lipinski definition) is 2. The smallest absolute Gasteiger partial charge is 0.228 e. The quantitative estimate of drug-likeness (QED) is 0.942. The van der Waals surface area contributed by atoms with Gasteiger partial charge >= 0.3 is 0 Å². The lowest BCUT2D eigenvalue weighted by molar-refractivity contribution is -0.117. The summed E-state index contributed by atoms with van der Waals surface area (Å²) in [6, 6.07) is 6.17. The molecule has 1 aliphatic rings. The maximum absolute atomic E-state index is 12.8. The van der Waals surface area contributed by atoms with E-state index < -0.39 is 0 Å². The Hall–Kier alpha value is -1.88. The Labute approximate surface area is 120 Å². The van der Waals surface area contributed by atoms with Gasteiger partial charge in [-0.05, 0) is 30.5 Å².